The molecule has 136 valence electrons. The lowest BCUT2D eigenvalue weighted by atomic mass is 10.2. The van der Waals surface area contributed by atoms with Gasteiger partial charge in [0.25, 0.3) is 5.91 Å². The zero-order valence-electron chi connectivity index (χ0n) is 14.2. The van der Waals surface area contributed by atoms with Crippen molar-refractivity contribution in [1.29, 1.82) is 0 Å². The number of anilines is 2. The lowest BCUT2D eigenvalue weighted by Gasteiger charge is -2.32. The van der Waals surface area contributed by atoms with Gasteiger partial charge in [-0.15, -0.1) is 10.2 Å². The van der Waals surface area contributed by atoms with Gasteiger partial charge in [-0.1, -0.05) is 11.6 Å². The summed E-state index contributed by atoms with van der Waals surface area (Å²) in [7, 11) is 1.55. The molecule has 1 aliphatic heterocycles. The van der Waals surface area contributed by atoms with Gasteiger partial charge in [-0.2, -0.15) is 0 Å². The summed E-state index contributed by atoms with van der Waals surface area (Å²) in [5.41, 5.74) is 0.997. The number of nitrogens with zero attached hydrogens (tertiary/aromatic N) is 4. The van der Waals surface area contributed by atoms with Gasteiger partial charge in [0, 0.05) is 31.9 Å². The largest absolute Gasteiger partial charge is 0.495 e. The van der Waals surface area contributed by atoms with E-state index in [0.717, 1.165) is 12.1 Å². The highest BCUT2D eigenvalue weighted by molar-refractivity contribution is 6.32. The van der Waals surface area contributed by atoms with Crippen LogP contribution < -0.4 is 10.1 Å². The van der Waals surface area contributed by atoms with Crippen LogP contribution in [-0.2, 0) is 4.79 Å². The number of methoxy groups -OCH3 is 1. The second-order valence-corrected chi connectivity index (χ2v) is 6.12. The lowest BCUT2D eigenvalue weighted by Crippen LogP contribution is -2.48. The van der Waals surface area contributed by atoms with Crippen LogP contribution in [0.15, 0.2) is 30.3 Å². The zero-order valence-corrected chi connectivity index (χ0v) is 14.9. The van der Waals surface area contributed by atoms with Crippen molar-refractivity contribution in [2.45, 2.75) is 0 Å². The molecule has 1 aromatic carbocycles. The monoisotopic (exact) mass is 375 g/mol. The Kier molecular flexibility index (Phi) is 5.52. The summed E-state index contributed by atoms with van der Waals surface area (Å²) in [6.07, 6.45) is 0.799. The zero-order chi connectivity index (χ0) is 18.5. The fourth-order valence-corrected chi connectivity index (χ4v) is 2.86. The van der Waals surface area contributed by atoms with Crippen LogP contribution >= 0.6 is 11.6 Å². The summed E-state index contributed by atoms with van der Waals surface area (Å²) in [4.78, 5) is 26.5. The van der Waals surface area contributed by atoms with Crippen molar-refractivity contribution < 1.29 is 14.3 Å². The fraction of sp³-hybridized carbons (Fsp3) is 0.294. The molecule has 0 spiro atoms. The maximum Gasteiger partial charge on any atom is 0.274 e. The minimum absolute atomic E-state index is 0.193. The Morgan fingerprint density at radius 2 is 1.96 bits per heavy atom. The number of nitrogens with one attached hydrogen (secondary N) is 1. The average Bonchev–Trinajstić information content (AvgIpc) is 2.68. The van der Waals surface area contributed by atoms with Gasteiger partial charge in [0.15, 0.2) is 11.5 Å². The summed E-state index contributed by atoms with van der Waals surface area (Å²) in [5.74, 6) is 0.884. The molecule has 0 radical (unpaired) electrons. The number of benzene rings is 1. The maximum absolute atomic E-state index is 12.4. The number of rotatable bonds is 5. The van der Waals surface area contributed by atoms with Gasteiger partial charge in [0.1, 0.15) is 5.75 Å². The van der Waals surface area contributed by atoms with Gasteiger partial charge in [-0.25, -0.2) is 0 Å². The first kappa shape index (κ1) is 17.9. The van der Waals surface area contributed by atoms with Crippen LogP contribution in [0.25, 0.3) is 0 Å². The molecular weight excluding hydrogens is 358 g/mol. The Balaban J connectivity index is 1.64. The summed E-state index contributed by atoms with van der Waals surface area (Å²) in [6.45, 7) is 2.04. The number of piperazine rings is 1. The molecule has 0 unspecified atom stereocenters. The summed E-state index contributed by atoms with van der Waals surface area (Å²) >= 11 is 6.09. The average molecular weight is 376 g/mol. The van der Waals surface area contributed by atoms with Gasteiger partial charge in [0.05, 0.1) is 12.1 Å². The molecule has 0 bridgehead atoms. The van der Waals surface area contributed by atoms with Crippen molar-refractivity contribution in [2.75, 3.05) is 38.6 Å². The van der Waals surface area contributed by atoms with Crippen molar-refractivity contribution >= 4 is 35.4 Å². The molecular formula is C17H18ClN5O3. The first-order valence-corrected chi connectivity index (χ1v) is 8.41. The Bertz CT molecular complexity index is 791. The molecule has 2 heterocycles. The maximum atomic E-state index is 12.4. The van der Waals surface area contributed by atoms with Crippen LogP contribution in [0.5, 0.6) is 5.75 Å². The Labute approximate surface area is 155 Å². The van der Waals surface area contributed by atoms with Crippen LogP contribution in [-0.4, -0.2) is 65.6 Å². The summed E-state index contributed by atoms with van der Waals surface area (Å²) in [6, 6.07) is 8.57. The molecule has 0 aliphatic carbocycles. The van der Waals surface area contributed by atoms with E-state index in [1.54, 1.807) is 47.2 Å². The summed E-state index contributed by atoms with van der Waals surface area (Å²) in [5, 5.41) is 11.6. The van der Waals surface area contributed by atoms with E-state index in [-0.39, 0.29) is 11.6 Å². The highest BCUT2D eigenvalue weighted by Crippen LogP contribution is 2.28. The van der Waals surface area contributed by atoms with Crippen molar-refractivity contribution in [2.24, 2.45) is 0 Å². The predicted octanol–water partition coefficient (Wildman–Crippen LogP) is 1.80. The highest BCUT2D eigenvalue weighted by Gasteiger charge is 2.22. The van der Waals surface area contributed by atoms with E-state index >= 15 is 0 Å². The molecule has 1 fully saturated rings. The van der Waals surface area contributed by atoms with E-state index in [1.807, 2.05) is 0 Å². The molecule has 1 aromatic heterocycles. The second kappa shape index (κ2) is 8.01. The third kappa shape index (κ3) is 4.02. The number of aromatic nitrogens is 2. The highest BCUT2D eigenvalue weighted by atomic mass is 35.5. The van der Waals surface area contributed by atoms with Gasteiger partial charge < -0.3 is 19.9 Å². The summed E-state index contributed by atoms with van der Waals surface area (Å²) < 4.78 is 5.11. The smallest absolute Gasteiger partial charge is 0.274 e. The van der Waals surface area contributed by atoms with E-state index in [1.165, 1.54) is 0 Å². The number of amides is 2. The molecule has 2 amide bonds. The van der Waals surface area contributed by atoms with Crippen LogP contribution in [0.4, 0.5) is 11.5 Å². The predicted molar refractivity (Wildman–Crippen MR) is 96.9 cm³/mol. The van der Waals surface area contributed by atoms with Crippen molar-refractivity contribution in [1.82, 2.24) is 20.0 Å². The molecule has 1 saturated heterocycles. The van der Waals surface area contributed by atoms with Crippen LogP contribution in [0.1, 0.15) is 10.5 Å². The van der Waals surface area contributed by atoms with Crippen LogP contribution in [0.2, 0.25) is 5.02 Å². The van der Waals surface area contributed by atoms with Crippen molar-refractivity contribution in [3.63, 3.8) is 0 Å². The van der Waals surface area contributed by atoms with Gasteiger partial charge in [0.2, 0.25) is 6.41 Å². The number of carbonyl (C=O) groups is 2. The van der Waals surface area contributed by atoms with E-state index < -0.39 is 0 Å². The van der Waals surface area contributed by atoms with E-state index in [2.05, 4.69) is 15.5 Å². The Morgan fingerprint density at radius 3 is 2.54 bits per heavy atom. The van der Waals surface area contributed by atoms with Crippen molar-refractivity contribution in [3.05, 3.63) is 41.0 Å². The topological polar surface area (TPSA) is 87.7 Å². The molecule has 1 N–H and O–H groups in total. The fourth-order valence-electron chi connectivity index (χ4n) is 2.60. The van der Waals surface area contributed by atoms with Gasteiger partial charge in [-0.05, 0) is 30.3 Å². The normalized spacial score (nSPS) is 14.1. The second-order valence-electron chi connectivity index (χ2n) is 5.71. The molecule has 0 atom stereocenters. The Hall–Kier alpha value is -2.87. The number of halogens is 1. The van der Waals surface area contributed by atoms with E-state index in [0.29, 0.717) is 42.8 Å². The first-order chi connectivity index (χ1) is 12.6. The Morgan fingerprint density at radius 1 is 1.19 bits per heavy atom. The molecule has 8 nitrogen and oxygen atoms in total. The van der Waals surface area contributed by atoms with Crippen LogP contribution in [0, 0.1) is 0 Å². The molecule has 0 saturated carbocycles. The van der Waals surface area contributed by atoms with Crippen LogP contribution in [0.3, 0.4) is 0 Å². The first-order valence-electron chi connectivity index (χ1n) is 8.03. The van der Waals surface area contributed by atoms with Crippen molar-refractivity contribution in [3.8, 4) is 5.75 Å². The number of carbonyl (C=O) groups excluding carboxylic acids is 2. The standard InChI is InChI=1S/C17H18ClN5O3/c1-26-15-4-2-12(10-13(15)18)19-16-5-3-14(20-21-16)17(25)23-8-6-22(11-24)7-9-23/h2-5,10-11H,6-9H2,1H3,(H,19,21). The third-order valence-electron chi connectivity index (χ3n) is 4.06. The third-order valence-corrected chi connectivity index (χ3v) is 4.35. The molecule has 3 rings (SSSR count). The number of ether oxygens (including phenoxy) is 1. The van der Waals surface area contributed by atoms with Gasteiger partial charge in [-0.3, -0.25) is 9.59 Å². The van der Waals surface area contributed by atoms with E-state index in [4.69, 9.17) is 16.3 Å². The molecule has 9 heteroatoms. The number of hydrogen-bond acceptors (Lipinski definition) is 6. The lowest BCUT2D eigenvalue weighted by molar-refractivity contribution is -0.119. The minimum Gasteiger partial charge on any atom is -0.495 e. The molecule has 26 heavy (non-hydrogen) atoms. The molecule has 2 aromatic rings. The van der Waals surface area contributed by atoms with E-state index in [9.17, 15) is 9.59 Å². The molecule has 1 aliphatic rings. The quantitative estimate of drug-likeness (QED) is 0.802. The minimum atomic E-state index is -0.193. The number of hydrogen-bond donors (Lipinski definition) is 1. The SMILES string of the molecule is COc1ccc(Nc2ccc(C(=O)N3CCN(C=O)CC3)nn2)cc1Cl. The van der Waals surface area contributed by atoms with Gasteiger partial charge >= 0.3 is 0 Å².